The summed E-state index contributed by atoms with van der Waals surface area (Å²) >= 11 is 5.86. The van der Waals surface area contributed by atoms with Crippen molar-refractivity contribution in [3.8, 4) is 12.3 Å². The van der Waals surface area contributed by atoms with Gasteiger partial charge in [-0.2, -0.15) is 10.2 Å². The van der Waals surface area contributed by atoms with Crippen molar-refractivity contribution in [3.63, 3.8) is 0 Å². The second-order valence-electron chi connectivity index (χ2n) is 6.09. The minimum atomic E-state index is -0.378. The molecular formula is C17H20ClN5O. The third-order valence-electron chi connectivity index (χ3n) is 4.46. The minimum Gasteiger partial charge on any atom is -0.353 e. The van der Waals surface area contributed by atoms with Gasteiger partial charge < -0.3 is 9.80 Å². The maximum atomic E-state index is 12.4. The molecule has 1 fully saturated rings. The number of pyridine rings is 1. The van der Waals surface area contributed by atoms with Crippen LogP contribution in [0.25, 0.3) is 0 Å². The molecule has 6 nitrogen and oxygen atoms in total. The van der Waals surface area contributed by atoms with E-state index in [9.17, 15) is 4.79 Å². The summed E-state index contributed by atoms with van der Waals surface area (Å²) in [6, 6.07) is 3.74. The number of carbonyl (C=O) groups excluding carboxylic acids is 1. The van der Waals surface area contributed by atoms with E-state index in [0.29, 0.717) is 37.4 Å². The maximum absolute atomic E-state index is 12.4. The summed E-state index contributed by atoms with van der Waals surface area (Å²) in [4.78, 5) is 20.8. The zero-order chi connectivity index (χ0) is 17.0. The van der Waals surface area contributed by atoms with Gasteiger partial charge in [-0.05, 0) is 12.1 Å². The van der Waals surface area contributed by atoms with E-state index in [-0.39, 0.29) is 11.6 Å². The molecule has 0 radical (unpaired) electrons. The Hall–Kier alpha value is -2.13. The number of rotatable bonds is 6. The summed E-state index contributed by atoms with van der Waals surface area (Å²) in [6.07, 6.45) is 9.44. The van der Waals surface area contributed by atoms with E-state index >= 15 is 0 Å². The van der Waals surface area contributed by atoms with E-state index in [1.165, 1.54) is 0 Å². The fraction of sp³-hybridized carbons (Fsp3) is 0.529. The van der Waals surface area contributed by atoms with Gasteiger partial charge in [0.05, 0.1) is 5.02 Å². The number of hydrogen-bond acceptors (Lipinski definition) is 5. The highest BCUT2D eigenvalue weighted by molar-refractivity contribution is 6.30. The Morgan fingerprint density at radius 3 is 2.58 bits per heavy atom. The standard InChI is InChI=1S/C17H20ClN5O/c1-2-3-7-17(20-21-17)8-6-16(24)23-11-9-22(10-12-23)15-5-4-14(18)13-19-15/h1,4-5,13H,3,6-12H2. The normalized spacial score (nSPS) is 18.3. The summed E-state index contributed by atoms with van der Waals surface area (Å²) in [6.45, 7) is 2.96. The van der Waals surface area contributed by atoms with Crippen molar-refractivity contribution < 1.29 is 4.79 Å². The number of aromatic nitrogens is 1. The van der Waals surface area contributed by atoms with E-state index in [1.54, 1.807) is 6.20 Å². The van der Waals surface area contributed by atoms with Gasteiger partial charge in [0.25, 0.3) is 0 Å². The molecule has 1 aromatic rings. The average molecular weight is 346 g/mol. The molecule has 2 aliphatic rings. The number of amides is 1. The van der Waals surface area contributed by atoms with E-state index in [0.717, 1.165) is 25.3 Å². The SMILES string of the molecule is C#CCCC1(CCC(=O)N2CCN(c3ccc(Cl)cn3)CC2)N=N1. The van der Waals surface area contributed by atoms with Crippen LogP contribution < -0.4 is 4.90 Å². The monoisotopic (exact) mass is 345 g/mol. The Morgan fingerprint density at radius 2 is 2.00 bits per heavy atom. The van der Waals surface area contributed by atoms with E-state index in [4.69, 9.17) is 18.0 Å². The Balaban J connectivity index is 1.44. The predicted molar refractivity (Wildman–Crippen MR) is 92.9 cm³/mol. The van der Waals surface area contributed by atoms with Crippen LogP contribution in [-0.4, -0.2) is 47.6 Å². The summed E-state index contributed by atoms with van der Waals surface area (Å²) in [7, 11) is 0. The third-order valence-corrected chi connectivity index (χ3v) is 4.68. The lowest BCUT2D eigenvalue weighted by atomic mass is 10.0. The molecule has 1 amide bonds. The summed E-state index contributed by atoms with van der Waals surface area (Å²) < 4.78 is 0. The average Bonchev–Trinajstić information content (AvgIpc) is 3.39. The van der Waals surface area contributed by atoms with Crippen LogP contribution in [0.2, 0.25) is 5.02 Å². The Morgan fingerprint density at radius 1 is 1.25 bits per heavy atom. The zero-order valence-electron chi connectivity index (χ0n) is 13.5. The Bertz CT molecular complexity index is 653. The number of anilines is 1. The van der Waals surface area contributed by atoms with Crippen molar-refractivity contribution in [1.29, 1.82) is 0 Å². The molecule has 3 heterocycles. The minimum absolute atomic E-state index is 0.163. The topological polar surface area (TPSA) is 61.2 Å². The molecule has 0 atom stereocenters. The third kappa shape index (κ3) is 4.04. The van der Waals surface area contributed by atoms with Gasteiger partial charge in [-0.1, -0.05) is 11.6 Å². The van der Waals surface area contributed by atoms with Crippen molar-refractivity contribution in [3.05, 3.63) is 23.4 Å². The van der Waals surface area contributed by atoms with Crippen LogP contribution in [0.15, 0.2) is 28.6 Å². The van der Waals surface area contributed by atoms with Gasteiger partial charge in [0.1, 0.15) is 5.82 Å². The molecule has 3 rings (SSSR count). The van der Waals surface area contributed by atoms with Gasteiger partial charge in [-0.15, -0.1) is 12.3 Å². The molecule has 24 heavy (non-hydrogen) atoms. The van der Waals surface area contributed by atoms with Crippen LogP contribution in [0.1, 0.15) is 25.7 Å². The second-order valence-corrected chi connectivity index (χ2v) is 6.53. The van der Waals surface area contributed by atoms with Crippen LogP contribution in [-0.2, 0) is 4.79 Å². The Labute approximate surface area is 146 Å². The van der Waals surface area contributed by atoms with Crippen LogP contribution in [0.4, 0.5) is 5.82 Å². The number of carbonyl (C=O) groups is 1. The fourth-order valence-corrected chi connectivity index (χ4v) is 2.99. The second kappa shape index (κ2) is 7.18. The molecule has 0 aliphatic carbocycles. The van der Waals surface area contributed by atoms with Gasteiger partial charge in [0, 0.05) is 58.1 Å². The molecule has 0 bridgehead atoms. The molecule has 0 N–H and O–H groups in total. The van der Waals surface area contributed by atoms with Gasteiger partial charge >= 0.3 is 0 Å². The lowest BCUT2D eigenvalue weighted by Gasteiger charge is -2.35. The molecule has 1 aromatic heterocycles. The van der Waals surface area contributed by atoms with Crippen molar-refractivity contribution in [1.82, 2.24) is 9.88 Å². The van der Waals surface area contributed by atoms with Crippen molar-refractivity contribution in [2.75, 3.05) is 31.1 Å². The molecule has 126 valence electrons. The maximum Gasteiger partial charge on any atom is 0.222 e. The number of halogens is 1. The highest BCUT2D eigenvalue weighted by atomic mass is 35.5. The van der Waals surface area contributed by atoms with E-state index < -0.39 is 0 Å². The van der Waals surface area contributed by atoms with Crippen molar-refractivity contribution in [2.24, 2.45) is 10.2 Å². The fourth-order valence-electron chi connectivity index (χ4n) is 2.87. The molecule has 7 heteroatoms. The lowest BCUT2D eigenvalue weighted by molar-refractivity contribution is -0.131. The smallest absolute Gasteiger partial charge is 0.222 e. The lowest BCUT2D eigenvalue weighted by Crippen LogP contribution is -2.49. The molecule has 0 aromatic carbocycles. The summed E-state index contributed by atoms with van der Waals surface area (Å²) in [5.41, 5.74) is -0.378. The first-order valence-corrected chi connectivity index (χ1v) is 8.51. The molecular weight excluding hydrogens is 326 g/mol. The number of piperazine rings is 1. The first kappa shape index (κ1) is 16.7. The first-order chi connectivity index (χ1) is 11.6. The van der Waals surface area contributed by atoms with Crippen molar-refractivity contribution in [2.45, 2.75) is 31.3 Å². The van der Waals surface area contributed by atoms with Gasteiger partial charge in [-0.25, -0.2) is 4.98 Å². The van der Waals surface area contributed by atoms with Crippen LogP contribution in [0, 0.1) is 12.3 Å². The summed E-state index contributed by atoms with van der Waals surface area (Å²) in [5.74, 6) is 3.67. The van der Waals surface area contributed by atoms with Crippen molar-refractivity contribution >= 4 is 23.3 Å². The highest BCUT2D eigenvalue weighted by Crippen LogP contribution is 2.37. The van der Waals surface area contributed by atoms with Gasteiger partial charge in [-0.3, -0.25) is 4.79 Å². The van der Waals surface area contributed by atoms with Crippen LogP contribution in [0.5, 0.6) is 0 Å². The highest BCUT2D eigenvalue weighted by Gasteiger charge is 2.39. The molecule has 0 spiro atoms. The molecule has 0 saturated carbocycles. The molecule has 1 saturated heterocycles. The quantitative estimate of drug-likeness (QED) is 0.745. The predicted octanol–water partition coefficient (Wildman–Crippen LogP) is 2.74. The van der Waals surface area contributed by atoms with Gasteiger partial charge in [0.15, 0.2) is 5.66 Å². The first-order valence-electron chi connectivity index (χ1n) is 8.14. The number of terminal acetylenes is 1. The van der Waals surface area contributed by atoms with Gasteiger partial charge in [0.2, 0.25) is 5.91 Å². The van der Waals surface area contributed by atoms with E-state index in [2.05, 4.69) is 26.0 Å². The Kier molecular flexibility index (Phi) is 5.00. The molecule has 0 unspecified atom stereocenters. The molecule has 2 aliphatic heterocycles. The largest absolute Gasteiger partial charge is 0.353 e. The summed E-state index contributed by atoms with van der Waals surface area (Å²) in [5, 5.41) is 8.78. The van der Waals surface area contributed by atoms with Crippen LogP contribution in [0.3, 0.4) is 0 Å². The number of hydrogen-bond donors (Lipinski definition) is 0. The zero-order valence-corrected chi connectivity index (χ0v) is 14.2. The van der Waals surface area contributed by atoms with E-state index in [1.807, 2.05) is 17.0 Å². The number of nitrogens with zero attached hydrogens (tertiary/aromatic N) is 5. The van der Waals surface area contributed by atoms with Crippen LogP contribution >= 0.6 is 11.6 Å².